The van der Waals surface area contributed by atoms with Crippen LogP contribution in [-0.4, -0.2) is 41.4 Å². The molecule has 4 aromatic rings. The zero-order valence-electron chi connectivity index (χ0n) is 30.6. The molecule has 49 heavy (non-hydrogen) atoms. The van der Waals surface area contributed by atoms with Gasteiger partial charge in [-0.1, -0.05) is 181 Å². The van der Waals surface area contributed by atoms with Crippen LogP contribution in [0.15, 0.2) is 133 Å². The number of hydrogen-bond donors (Lipinski definition) is 0. The minimum atomic E-state index is -3.00. The summed E-state index contributed by atoms with van der Waals surface area (Å²) in [5, 5.41) is 4.31. The van der Waals surface area contributed by atoms with Crippen molar-refractivity contribution in [2.45, 2.75) is 90.5 Å². The van der Waals surface area contributed by atoms with Gasteiger partial charge in [0.2, 0.25) is 0 Å². The first kappa shape index (κ1) is 36.7. The van der Waals surface area contributed by atoms with Gasteiger partial charge >= 0.3 is 5.97 Å². The Morgan fingerprint density at radius 3 is 1.43 bits per heavy atom. The van der Waals surface area contributed by atoms with Gasteiger partial charge in [-0.2, -0.15) is 0 Å². The van der Waals surface area contributed by atoms with Crippen LogP contribution in [0.5, 0.6) is 0 Å². The lowest BCUT2D eigenvalue weighted by atomic mass is 9.98. The Bertz CT molecular complexity index is 1600. The van der Waals surface area contributed by atoms with Gasteiger partial charge in [-0.3, -0.25) is 4.79 Å². The van der Waals surface area contributed by atoms with Crippen LogP contribution in [0.2, 0.25) is 10.1 Å². The van der Waals surface area contributed by atoms with Gasteiger partial charge in [0.25, 0.3) is 16.6 Å². The lowest BCUT2D eigenvalue weighted by molar-refractivity contribution is -0.157. The first-order chi connectivity index (χ1) is 23.3. The van der Waals surface area contributed by atoms with E-state index in [0.29, 0.717) is 12.8 Å². The molecule has 5 rings (SSSR count). The predicted octanol–water partition coefficient (Wildman–Crippen LogP) is 7.80. The van der Waals surface area contributed by atoms with Crippen molar-refractivity contribution >= 4 is 43.4 Å². The maximum absolute atomic E-state index is 13.7. The standard InChI is InChI=1S/C43H54O4Si2/c1-33-29-30-39(47-49(43(6,7)8,37-25-17-11-18-26-37)38-27-19-12-20-28-38)40(46-41(44)31-34(33)2)32-45-48(42(3,4)5,35-21-13-9-14-22-35)36-23-15-10-16-24-36/h9-29,34,39-40H,30-32H2,1-8H3/b33-29-/t34-,39+,40-/m1/s1. The van der Waals surface area contributed by atoms with E-state index in [0.717, 1.165) is 0 Å². The van der Waals surface area contributed by atoms with E-state index in [-0.39, 0.29) is 28.6 Å². The lowest BCUT2D eigenvalue weighted by Crippen LogP contribution is -2.69. The summed E-state index contributed by atoms with van der Waals surface area (Å²) in [7, 11) is -5.93. The fourth-order valence-corrected chi connectivity index (χ4v) is 16.8. The number of rotatable bonds is 9. The molecule has 0 aliphatic carbocycles. The van der Waals surface area contributed by atoms with E-state index in [4.69, 9.17) is 13.6 Å². The highest BCUT2D eigenvalue weighted by Gasteiger charge is 2.54. The van der Waals surface area contributed by atoms with Gasteiger partial charge < -0.3 is 13.6 Å². The Labute approximate surface area is 296 Å². The van der Waals surface area contributed by atoms with Crippen molar-refractivity contribution in [3.8, 4) is 0 Å². The fourth-order valence-electron chi connectivity index (χ4n) is 7.51. The van der Waals surface area contributed by atoms with Gasteiger partial charge in [0.05, 0.1) is 19.1 Å². The van der Waals surface area contributed by atoms with Crippen molar-refractivity contribution in [3.05, 3.63) is 133 Å². The highest BCUT2D eigenvalue weighted by atomic mass is 28.4. The van der Waals surface area contributed by atoms with E-state index < -0.39 is 28.8 Å². The predicted molar refractivity (Wildman–Crippen MR) is 208 cm³/mol. The van der Waals surface area contributed by atoms with Crippen LogP contribution in [0.1, 0.15) is 68.2 Å². The molecule has 1 aliphatic heterocycles. The summed E-state index contributed by atoms with van der Waals surface area (Å²) in [5.74, 6) is -0.133. The van der Waals surface area contributed by atoms with Crippen LogP contribution in [0, 0.1) is 5.92 Å². The second-order valence-electron chi connectivity index (χ2n) is 15.6. The van der Waals surface area contributed by atoms with E-state index in [1.807, 2.05) is 0 Å². The molecule has 258 valence electrons. The lowest BCUT2D eigenvalue weighted by Gasteiger charge is -2.47. The second kappa shape index (κ2) is 15.1. The Balaban J connectivity index is 1.67. The number of carbonyl (C=O) groups is 1. The molecule has 3 atom stereocenters. The third-order valence-electron chi connectivity index (χ3n) is 10.2. The first-order valence-corrected chi connectivity index (χ1v) is 21.5. The molecule has 0 saturated carbocycles. The maximum atomic E-state index is 13.7. The van der Waals surface area contributed by atoms with Crippen molar-refractivity contribution in [2.24, 2.45) is 5.92 Å². The number of benzene rings is 4. The fraction of sp³-hybridized carbons (Fsp3) is 0.372. The summed E-state index contributed by atoms with van der Waals surface area (Å²) in [6.07, 6.45) is 2.15. The third-order valence-corrected chi connectivity index (χ3v) is 20.3. The van der Waals surface area contributed by atoms with Gasteiger partial charge in [0.15, 0.2) is 0 Å². The smallest absolute Gasteiger partial charge is 0.306 e. The van der Waals surface area contributed by atoms with E-state index in [1.165, 1.54) is 26.3 Å². The van der Waals surface area contributed by atoms with Crippen molar-refractivity contribution in [1.29, 1.82) is 0 Å². The SMILES string of the molecule is C/C1=C/C[C@H](O[Si](c2ccccc2)(c2ccccc2)C(C)(C)C)[C@@H](CO[Si](c2ccccc2)(c2ccccc2)C(C)(C)C)OC(=O)C[C@H]1C. The third kappa shape index (κ3) is 7.63. The van der Waals surface area contributed by atoms with Crippen LogP contribution in [-0.2, 0) is 18.4 Å². The summed E-state index contributed by atoms with van der Waals surface area (Å²) >= 11 is 0. The molecule has 0 bridgehead atoms. The Hall–Kier alpha value is -3.56. The molecule has 0 spiro atoms. The molecule has 0 saturated heterocycles. The van der Waals surface area contributed by atoms with E-state index in [2.05, 4.69) is 183 Å². The summed E-state index contributed by atoms with van der Waals surface area (Å²) in [4.78, 5) is 13.7. The first-order valence-electron chi connectivity index (χ1n) is 17.7. The molecule has 0 radical (unpaired) electrons. The molecule has 1 heterocycles. The molecule has 0 N–H and O–H groups in total. The quantitative estimate of drug-likeness (QED) is 0.102. The van der Waals surface area contributed by atoms with Crippen LogP contribution >= 0.6 is 0 Å². The average Bonchev–Trinajstić information content (AvgIpc) is 3.12. The molecular formula is C43H54O4Si2. The normalized spacial score (nSPS) is 20.7. The minimum Gasteiger partial charge on any atom is -0.457 e. The monoisotopic (exact) mass is 690 g/mol. The average molecular weight is 691 g/mol. The summed E-state index contributed by atoms with van der Waals surface area (Å²) in [6, 6.07) is 42.7. The van der Waals surface area contributed by atoms with Gasteiger partial charge in [-0.05, 0) is 50.1 Å². The van der Waals surface area contributed by atoms with Gasteiger partial charge in [-0.15, -0.1) is 0 Å². The van der Waals surface area contributed by atoms with Crippen molar-refractivity contribution in [3.63, 3.8) is 0 Å². The second-order valence-corrected chi connectivity index (χ2v) is 24.2. The Morgan fingerprint density at radius 2 is 1.04 bits per heavy atom. The minimum absolute atomic E-state index is 0.0809. The number of carbonyl (C=O) groups excluding carboxylic acids is 1. The van der Waals surface area contributed by atoms with Gasteiger partial charge in [0, 0.05) is 0 Å². The summed E-state index contributed by atoms with van der Waals surface area (Å²) in [6.45, 7) is 18.1. The van der Waals surface area contributed by atoms with Crippen molar-refractivity contribution in [1.82, 2.24) is 0 Å². The molecule has 0 fully saturated rings. The molecule has 1 aliphatic rings. The maximum Gasteiger partial charge on any atom is 0.306 e. The highest BCUT2D eigenvalue weighted by molar-refractivity contribution is 7.00. The van der Waals surface area contributed by atoms with Gasteiger partial charge in [0.1, 0.15) is 6.10 Å². The van der Waals surface area contributed by atoms with E-state index in [1.54, 1.807) is 0 Å². The summed E-state index contributed by atoms with van der Waals surface area (Å²) < 4.78 is 21.8. The van der Waals surface area contributed by atoms with E-state index in [9.17, 15) is 4.79 Å². The molecule has 0 unspecified atom stereocenters. The topological polar surface area (TPSA) is 44.8 Å². The Morgan fingerprint density at radius 1 is 0.653 bits per heavy atom. The molecule has 6 heteroatoms. The highest BCUT2D eigenvalue weighted by Crippen LogP contribution is 2.40. The number of ether oxygens (including phenoxy) is 1. The van der Waals surface area contributed by atoms with Crippen LogP contribution in [0.3, 0.4) is 0 Å². The number of cyclic esters (lactones) is 1. The van der Waals surface area contributed by atoms with E-state index >= 15 is 0 Å². The Kier molecular flexibility index (Phi) is 11.3. The number of esters is 1. The van der Waals surface area contributed by atoms with Crippen LogP contribution in [0.4, 0.5) is 0 Å². The zero-order valence-corrected chi connectivity index (χ0v) is 32.6. The summed E-state index contributed by atoms with van der Waals surface area (Å²) in [5.41, 5.74) is 1.18. The molecule has 4 nitrogen and oxygen atoms in total. The van der Waals surface area contributed by atoms with Crippen LogP contribution in [0.25, 0.3) is 0 Å². The number of allylic oxidation sites excluding steroid dienone is 1. The molecular weight excluding hydrogens is 637 g/mol. The largest absolute Gasteiger partial charge is 0.457 e. The molecule has 4 aromatic carbocycles. The molecule has 0 amide bonds. The zero-order chi connectivity index (χ0) is 35.3. The van der Waals surface area contributed by atoms with Crippen LogP contribution < -0.4 is 20.7 Å². The number of hydrogen-bond acceptors (Lipinski definition) is 4. The van der Waals surface area contributed by atoms with Gasteiger partial charge in [-0.25, -0.2) is 0 Å². The van der Waals surface area contributed by atoms with Crippen molar-refractivity contribution in [2.75, 3.05) is 6.61 Å². The van der Waals surface area contributed by atoms with Crippen molar-refractivity contribution < 1.29 is 18.4 Å². The molecule has 0 aromatic heterocycles.